The lowest BCUT2D eigenvalue weighted by Gasteiger charge is -2.22. The lowest BCUT2D eigenvalue weighted by Crippen LogP contribution is -2.29. The van der Waals surface area contributed by atoms with Crippen molar-refractivity contribution in [2.45, 2.75) is 38.8 Å². The van der Waals surface area contributed by atoms with Gasteiger partial charge in [-0.3, -0.25) is 4.90 Å². The van der Waals surface area contributed by atoms with Crippen molar-refractivity contribution in [1.82, 2.24) is 4.90 Å². The third-order valence-corrected chi connectivity index (χ3v) is 3.36. The Kier molecular flexibility index (Phi) is 3.40. The molecule has 0 amide bonds. The van der Waals surface area contributed by atoms with Crippen molar-refractivity contribution >= 4 is 0 Å². The number of nitrogens with two attached hydrogens (primary N) is 1. The van der Waals surface area contributed by atoms with Crippen LogP contribution in [0.25, 0.3) is 0 Å². The lowest BCUT2D eigenvalue weighted by molar-refractivity contribution is 0.330. The van der Waals surface area contributed by atoms with E-state index in [1.165, 1.54) is 31.5 Å². The SMILES string of the molecule is CC(C)(N)c1cc(CN2CCCC2)ccc1O. The molecular weight excluding hydrogens is 212 g/mol. The number of benzene rings is 1. The first-order chi connectivity index (χ1) is 7.97. The fourth-order valence-corrected chi connectivity index (χ4v) is 2.40. The molecule has 1 saturated heterocycles. The highest BCUT2D eigenvalue weighted by Gasteiger charge is 2.19. The highest BCUT2D eigenvalue weighted by atomic mass is 16.3. The van der Waals surface area contributed by atoms with Crippen molar-refractivity contribution in [2.24, 2.45) is 5.73 Å². The maximum atomic E-state index is 9.84. The van der Waals surface area contributed by atoms with Gasteiger partial charge < -0.3 is 10.8 Å². The molecule has 1 heterocycles. The molecule has 1 aromatic rings. The first kappa shape index (κ1) is 12.4. The molecule has 0 saturated carbocycles. The van der Waals surface area contributed by atoms with Crippen LogP contribution in [0.2, 0.25) is 0 Å². The normalized spacial score (nSPS) is 17.6. The minimum atomic E-state index is -0.495. The summed E-state index contributed by atoms with van der Waals surface area (Å²) in [6.45, 7) is 7.16. The summed E-state index contributed by atoms with van der Waals surface area (Å²) >= 11 is 0. The maximum Gasteiger partial charge on any atom is 0.120 e. The van der Waals surface area contributed by atoms with Gasteiger partial charge >= 0.3 is 0 Å². The average Bonchev–Trinajstić information content (AvgIpc) is 2.72. The van der Waals surface area contributed by atoms with Crippen LogP contribution in [0.15, 0.2) is 18.2 Å². The molecule has 0 aromatic heterocycles. The Morgan fingerprint density at radius 1 is 1.29 bits per heavy atom. The van der Waals surface area contributed by atoms with Gasteiger partial charge in [0.15, 0.2) is 0 Å². The summed E-state index contributed by atoms with van der Waals surface area (Å²) in [7, 11) is 0. The number of aromatic hydroxyl groups is 1. The Bertz CT molecular complexity index is 390. The van der Waals surface area contributed by atoms with Crippen LogP contribution in [-0.2, 0) is 12.1 Å². The van der Waals surface area contributed by atoms with E-state index in [9.17, 15) is 5.11 Å². The predicted molar refractivity (Wildman–Crippen MR) is 69.8 cm³/mol. The van der Waals surface area contributed by atoms with Crippen LogP contribution in [0.1, 0.15) is 37.8 Å². The Morgan fingerprint density at radius 2 is 1.94 bits per heavy atom. The molecule has 3 nitrogen and oxygen atoms in total. The Morgan fingerprint density at radius 3 is 2.53 bits per heavy atom. The standard InChI is InChI=1S/C14H22N2O/c1-14(2,15)12-9-11(5-6-13(12)17)10-16-7-3-4-8-16/h5-6,9,17H,3-4,7-8,10,15H2,1-2H3. The molecule has 2 rings (SSSR count). The second-order valence-electron chi connectivity index (χ2n) is 5.56. The van der Waals surface area contributed by atoms with Crippen LogP contribution >= 0.6 is 0 Å². The van der Waals surface area contributed by atoms with Crippen LogP contribution < -0.4 is 5.73 Å². The molecule has 1 aliphatic rings. The monoisotopic (exact) mass is 234 g/mol. The number of rotatable bonds is 3. The molecule has 3 N–H and O–H groups in total. The molecule has 17 heavy (non-hydrogen) atoms. The van der Waals surface area contributed by atoms with Crippen molar-refractivity contribution in [3.8, 4) is 5.75 Å². The molecule has 0 radical (unpaired) electrons. The van der Waals surface area contributed by atoms with Gasteiger partial charge in [-0.05, 0) is 57.5 Å². The minimum absolute atomic E-state index is 0.294. The van der Waals surface area contributed by atoms with Crippen LogP contribution in [-0.4, -0.2) is 23.1 Å². The second kappa shape index (κ2) is 4.67. The lowest BCUT2D eigenvalue weighted by atomic mass is 9.93. The van der Waals surface area contributed by atoms with Gasteiger partial charge in [0, 0.05) is 17.6 Å². The topological polar surface area (TPSA) is 49.5 Å². The highest BCUT2D eigenvalue weighted by Crippen LogP contribution is 2.28. The molecule has 0 spiro atoms. The molecular formula is C14H22N2O. The molecule has 1 aliphatic heterocycles. The van der Waals surface area contributed by atoms with Crippen LogP contribution in [0.4, 0.5) is 0 Å². The summed E-state index contributed by atoms with van der Waals surface area (Å²) in [4.78, 5) is 2.44. The zero-order valence-electron chi connectivity index (χ0n) is 10.7. The van der Waals surface area contributed by atoms with E-state index < -0.39 is 5.54 Å². The van der Waals surface area contributed by atoms with Crippen LogP contribution in [0, 0.1) is 0 Å². The Balaban J connectivity index is 2.18. The smallest absolute Gasteiger partial charge is 0.120 e. The van der Waals surface area contributed by atoms with E-state index in [2.05, 4.69) is 4.90 Å². The number of hydrogen-bond donors (Lipinski definition) is 2. The zero-order valence-corrected chi connectivity index (χ0v) is 10.7. The molecule has 0 bridgehead atoms. The number of phenols is 1. The number of hydrogen-bond acceptors (Lipinski definition) is 3. The van der Waals surface area contributed by atoms with E-state index in [4.69, 9.17) is 5.73 Å². The van der Waals surface area contributed by atoms with Gasteiger partial charge in [-0.25, -0.2) is 0 Å². The zero-order chi connectivity index (χ0) is 12.5. The number of phenolic OH excluding ortho intramolecular Hbond substituents is 1. The van der Waals surface area contributed by atoms with Crippen molar-refractivity contribution < 1.29 is 5.11 Å². The van der Waals surface area contributed by atoms with E-state index in [-0.39, 0.29) is 0 Å². The van der Waals surface area contributed by atoms with Gasteiger partial charge in [0.25, 0.3) is 0 Å². The van der Waals surface area contributed by atoms with Crippen LogP contribution in [0.3, 0.4) is 0 Å². The fraction of sp³-hybridized carbons (Fsp3) is 0.571. The molecule has 0 aliphatic carbocycles. The first-order valence-corrected chi connectivity index (χ1v) is 6.30. The summed E-state index contributed by atoms with van der Waals surface area (Å²) in [5.41, 5.74) is 7.63. The van der Waals surface area contributed by atoms with E-state index in [1.807, 2.05) is 26.0 Å². The molecule has 1 aromatic carbocycles. The van der Waals surface area contributed by atoms with Crippen molar-refractivity contribution in [2.75, 3.05) is 13.1 Å². The summed E-state index contributed by atoms with van der Waals surface area (Å²) in [5.74, 6) is 0.294. The molecule has 3 heteroatoms. The summed E-state index contributed by atoms with van der Waals surface area (Å²) in [6, 6.07) is 5.78. The summed E-state index contributed by atoms with van der Waals surface area (Å²) in [6.07, 6.45) is 2.60. The number of nitrogens with zero attached hydrogens (tertiary/aromatic N) is 1. The largest absolute Gasteiger partial charge is 0.508 e. The van der Waals surface area contributed by atoms with Gasteiger partial charge in [0.05, 0.1) is 0 Å². The van der Waals surface area contributed by atoms with Gasteiger partial charge in [-0.1, -0.05) is 6.07 Å². The molecule has 0 atom stereocenters. The van der Waals surface area contributed by atoms with Crippen molar-refractivity contribution in [1.29, 1.82) is 0 Å². The Labute approximate surface area is 103 Å². The Hall–Kier alpha value is -1.06. The van der Waals surface area contributed by atoms with Crippen LogP contribution in [0.5, 0.6) is 5.75 Å². The highest BCUT2D eigenvalue weighted by molar-refractivity contribution is 5.40. The molecule has 0 unspecified atom stereocenters. The minimum Gasteiger partial charge on any atom is -0.508 e. The van der Waals surface area contributed by atoms with Crippen molar-refractivity contribution in [3.63, 3.8) is 0 Å². The summed E-state index contributed by atoms with van der Waals surface area (Å²) < 4.78 is 0. The van der Waals surface area contributed by atoms with E-state index >= 15 is 0 Å². The third-order valence-electron chi connectivity index (χ3n) is 3.36. The van der Waals surface area contributed by atoms with E-state index in [1.54, 1.807) is 6.07 Å². The first-order valence-electron chi connectivity index (χ1n) is 6.30. The van der Waals surface area contributed by atoms with E-state index in [0.717, 1.165) is 12.1 Å². The van der Waals surface area contributed by atoms with Gasteiger partial charge in [0.2, 0.25) is 0 Å². The van der Waals surface area contributed by atoms with Crippen molar-refractivity contribution in [3.05, 3.63) is 29.3 Å². The third kappa shape index (κ3) is 2.99. The summed E-state index contributed by atoms with van der Waals surface area (Å²) in [5, 5.41) is 9.84. The quantitative estimate of drug-likeness (QED) is 0.842. The van der Waals surface area contributed by atoms with Gasteiger partial charge in [-0.2, -0.15) is 0 Å². The second-order valence-corrected chi connectivity index (χ2v) is 5.56. The molecule has 1 fully saturated rings. The van der Waals surface area contributed by atoms with Gasteiger partial charge in [0.1, 0.15) is 5.75 Å². The maximum absolute atomic E-state index is 9.84. The predicted octanol–water partition coefficient (Wildman–Crippen LogP) is 2.18. The van der Waals surface area contributed by atoms with Gasteiger partial charge in [-0.15, -0.1) is 0 Å². The van der Waals surface area contributed by atoms with E-state index in [0.29, 0.717) is 5.75 Å². The number of likely N-dealkylation sites (tertiary alicyclic amines) is 1. The average molecular weight is 234 g/mol. The fourth-order valence-electron chi connectivity index (χ4n) is 2.40. The molecule has 94 valence electrons.